The fraction of sp³-hybridized carbons (Fsp3) is 1.00. The van der Waals surface area contributed by atoms with Gasteiger partial charge in [0.1, 0.15) is 0 Å². The van der Waals surface area contributed by atoms with E-state index < -0.39 is 19.9 Å². The quantitative estimate of drug-likeness (QED) is 0.734. The molecule has 0 amide bonds. The number of rotatable bonds is 5. The largest absolute Gasteiger partial charge is 0.229 e. The fourth-order valence-electron chi connectivity index (χ4n) is 1.62. The van der Waals surface area contributed by atoms with Gasteiger partial charge >= 0.3 is 0 Å². The standard InChI is InChI=1S/C8H17NO4S2/c1-2-4-15(12,13)9-6-8-3-5-14(10,11)7-8/h8-9H,2-7H2,1H3/t8-/m1/s1. The van der Waals surface area contributed by atoms with Gasteiger partial charge in [0, 0.05) is 6.54 Å². The van der Waals surface area contributed by atoms with Crippen LogP contribution >= 0.6 is 0 Å². The second-order valence-electron chi connectivity index (χ2n) is 3.94. The third kappa shape index (κ3) is 4.48. The lowest BCUT2D eigenvalue weighted by Gasteiger charge is -2.09. The van der Waals surface area contributed by atoms with Crippen LogP contribution in [0, 0.1) is 5.92 Å². The van der Waals surface area contributed by atoms with Crippen molar-refractivity contribution in [1.82, 2.24) is 4.72 Å². The lowest BCUT2D eigenvalue weighted by atomic mass is 10.1. The first kappa shape index (κ1) is 12.9. The van der Waals surface area contributed by atoms with Crippen LogP contribution in [-0.4, -0.2) is 40.6 Å². The minimum absolute atomic E-state index is 0.0540. The van der Waals surface area contributed by atoms with Gasteiger partial charge in [-0.1, -0.05) is 6.92 Å². The molecule has 1 heterocycles. The van der Waals surface area contributed by atoms with E-state index in [2.05, 4.69) is 4.72 Å². The molecule has 1 N–H and O–H groups in total. The molecule has 0 bridgehead atoms. The second kappa shape index (κ2) is 4.80. The molecule has 1 fully saturated rings. The molecule has 0 aromatic carbocycles. The molecule has 1 aliphatic rings. The first-order chi connectivity index (χ1) is 6.85. The van der Waals surface area contributed by atoms with Crippen LogP contribution in [-0.2, 0) is 19.9 Å². The number of sulfone groups is 1. The van der Waals surface area contributed by atoms with Gasteiger partial charge in [-0.25, -0.2) is 21.6 Å². The Morgan fingerprint density at radius 1 is 1.40 bits per heavy atom. The summed E-state index contributed by atoms with van der Waals surface area (Å²) in [4.78, 5) is 0. The van der Waals surface area contributed by atoms with Crippen molar-refractivity contribution in [3.63, 3.8) is 0 Å². The van der Waals surface area contributed by atoms with Crippen molar-refractivity contribution in [2.24, 2.45) is 5.92 Å². The van der Waals surface area contributed by atoms with E-state index in [1.165, 1.54) is 0 Å². The molecule has 1 rings (SSSR count). The molecule has 0 radical (unpaired) electrons. The summed E-state index contributed by atoms with van der Waals surface area (Å²) in [5.41, 5.74) is 0. The zero-order valence-electron chi connectivity index (χ0n) is 8.77. The number of hydrogen-bond donors (Lipinski definition) is 1. The van der Waals surface area contributed by atoms with Gasteiger partial charge in [-0.05, 0) is 18.8 Å². The summed E-state index contributed by atoms with van der Waals surface area (Å²) in [6, 6.07) is 0. The van der Waals surface area contributed by atoms with Gasteiger partial charge in [-0.2, -0.15) is 0 Å². The van der Waals surface area contributed by atoms with E-state index in [9.17, 15) is 16.8 Å². The molecule has 1 aliphatic heterocycles. The van der Waals surface area contributed by atoms with Gasteiger partial charge in [0.05, 0.1) is 17.3 Å². The van der Waals surface area contributed by atoms with Crippen LogP contribution < -0.4 is 4.72 Å². The number of sulfonamides is 1. The molecule has 0 spiro atoms. The Hall–Kier alpha value is -0.140. The molecule has 15 heavy (non-hydrogen) atoms. The highest BCUT2D eigenvalue weighted by Gasteiger charge is 2.28. The van der Waals surface area contributed by atoms with Crippen LogP contribution in [0.3, 0.4) is 0 Å². The first-order valence-electron chi connectivity index (χ1n) is 5.02. The highest BCUT2D eigenvalue weighted by atomic mass is 32.2. The van der Waals surface area contributed by atoms with Crippen molar-refractivity contribution in [3.05, 3.63) is 0 Å². The zero-order chi connectivity index (χ0) is 11.5. The molecule has 0 saturated carbocycles. The van der Waals surface area contributed by atoms with Crippen LogP contribution in [0.2, 0.25) is 0 Å². The van der Waals surface area contributed by atoms with E-state index >= 15 is 0 Å². The summed E-state index contributed by atoms with van der Waals surface area (Å²) >= 11 is 0. The third-order valence-corrected chi connectivity index (χ3v) is 5.78. The van der Waals surface area contributed by atoms with Gasteiger partial charge in [0.25, 0.3) is 0 Å². The summed E-state index contributed by atoms with van der Waals surface area (Å²) in [6.45, 7) is 2.04. The summed E-state index contributed by atoms with van der Waals surface area (Å²) in [7, 11) is -6.11. The predicted molar refractivity (Wildman–Crippen MR) is 58.8 cm³/mol. The average molecular weight is 255 g/mol. The Morgan fingerprint density at radius 2 is 2.07 bits per heavy atom. The first-order valence-corrected chi connectivity index (χ1v) is 8.50. The third-order valence-electron chi connectivity index (χ3n) is 2.39. The predicted octanol–water partition coefficient (Wildman–Crippen LogP) is -0.249. The smallest absolute Gasteiger partial charge is 0.211 e. The van der Waals surface area contributed by atoms with Gasteiger partial charge in [-0.15, -0.1) is 0 Å². The van der Waals surface area contributed by atoms with Crippen LogP contribution in [0.15, 0.2) is 0 Å². The van der Waals surface area contributed by atoms with Crippen molar-refractivity contribution in [2.75, 3.05) is 23.8 Å². The molecule has 90 valence electrons. The molecule has 5 nitrogen and oxygen atoms in total. The van der Waals surface area contributed by atoms with E-state index in [1.54, 1.807) is 6.92 Å². The molecular weight excluding hydrogens is 238 g/mol. The van der Waals surface area contributed by atoms with Crippen molar-refractivity contribution >= 4 is 19.9 Å². The van der Waals surface area contributed by atoms with E-state index in [0.29, 0.717) is 12.8 Å². The minimum atomic E-state index is -3.20. The van der Waals surface area contributed by atoms with Crippen LogP contribution in [0.1, 0.15) is 19.8 Å². The molecule has 1 atom stereocenters. The zero-order valence-corrected chi connectivity index (χ0v) is 10.4. The van der Waals surface area contributed by atoms with Crippen molar-refractivity contribution in [3.8, 4) is 0 Å². The van der Waals surface area contributed by atoms with Gasteiger partial charge in [0.2, 0.25) is 10.0 Å². The summed E-state index contributed by atoms with van der Waals surface area (Å²) in [5, 5.41) is 0. The Bertz CT molecular complexity index is 398. The van der Waals surface area contributed by atoms with Crippen LogP contribution in [0.5, 0.6) is 0 Å². The Kier molecular flexibility index (Phi) is 4.13. The molecule has 0 aromatic heterocycles. The van der Waals surface area contributed by atoms with Crippen LogP contribution in [0.4, 0.5) is 0 Å². The second-order valence-corrected chi connectivity index (χ2v) is 8.09. The van der Waals surface area contributed by atoms with Gasteiger partial charge < -0.3 is 0 Å². The highest BCUT2D eigenvalue weighted by molar-refractivity contribution is 7.91. The van der Waals surface area contributed by atoms with E-state index in [-0.39, 0.29) is 29.7 Å². The van der Waals surface area contributed by atoms with Crippen LogP contribution in [0.25, 0.3) is 0 Å². The summed E-state index contributed by atoms with van der Waals surface area (Å²) < 4.78 is 47.3. The fourth-order valence-corrected chi connectivity index (χ4v) is 4.65. The average Bonchev–Trinajstić information content (AvgIpc) is 2.42. The van der Waals surface area contributed by atoms with Crippen molar-refractivity contribution in [2.45, 2.75) is 19.8 Å². The minimum Gasteiger partial charge on any atom is -0.229 e. The Balaban J connectivity index is 2.40. The molecule has 1 saturated heterocycles. The SMILES string of the molecule is CCCS(=O)(=O)NC[C@H]1CCS(=O)(=O)C1. The maximum atomic E-state index is 11.3. The van der Waals surface area contributed by atoms with E-state index in [0.717, 1.165) is 0 Å². The van der Waals surface area contributed by atoms with Gasteiger partial charge in [0.15, 0.2) is 9.84 Å². The molecular formula is C8H17NO4S2. The number of nitrogens with one attached hydrogen (secondary N) is 1. The van der Waals surface area contributed by atoms with E-state index in [1.807, 2.05) is 0 Å². The lowest BCUT2D eigenvalue weighted by Crippen LogP contribution is -2.31. The highest BCUT2D eigenvalue weighted by Crippen LogP contribution is 2.17. The maximum Gasteiger partial charge on any atom is 0.211 e. The number of hydrogen-bond acceptors (Lipinski definition) is 4. The molecule has 0 aromatic rings. The monoisotopic (exact) mass is 255 g/mol. The summed E-state index contributed by atoms with van der Waals surface area (Å²) in [6.07, 6.45) is 1.13. The Morgan fingerprint density at radius 3 is 2.53 bits per heavy atom. The van der Waals surface area contributed by atoms with Crippen molar-refractivity contribution in [1.29, 1.82) is 0 Å². The topological polar surface area (TPSA) is 80.3 Å². The maximum absolute atomic E-state index is 11.3. The molecule has 7 heteroatoms. The van der Waals surface area contributed by atoms with Gasteiger partial charge in [-0.3, -0.25) is 0 Å². The lowest BCUT2D eigenvalue weighted by molar-refractivity contribution is 0.542. The summed E-state index contributed by atoms with van der Waals surface area (Å²) in [5.74, 6) is 0.350. The Labute approximate surface area is 91.2 Å². The van der Waals surface area contributed by atoms with E-state index in [4.69, 9.17) is 0 Å². The normalized spacial score (nSPS) is 25.5. The molecule has 0 aliphatic carbocycles. The molecule has 0 unspecified atom stereocenters. The van der Waals surface area contributed by atoms with Crippen molar-refractivity contribution < 1.29 is 16.8 Å².